The second kappa shape index (κ2) is 7.32. The molecule has 1 amide bonds. The minimum atomic E-state index is -0.403. The van der Waals surface area contributed by atoms with Gasteiger partial charge in [-0.25, -0.2) is 0 Å². The number of rotatable bonds is 5. The number of nitrogens with zero attached hydrogens (tertiary/aromatic N) is 4. The average molecular weight is 348 g/mol. The Morgan fingerprint density at radius 3 is 2.88 bits per heavy atom. The van der Waals surface area contributed by atoms with Gasteiger partial charge in [0.25, 0.3) is 0 Å². The Kier molecular flexibility index (Phi) is 5.16. The fraction of sp³-hybridized carbons (Fsp3) is 0.471. The summed E-state index contributed by atoms with van der Waals surface area (Å²) >= 11 is 6.34. The molecule has 0 saturated carbocycles. The maximum absolute atomic E-state index is 12.5. The molecule has 2 heterocycles. The molecule has 0 bridgehead atoms. The molecule has 128 valence electrons. The number of piperazine rings is 1. The van der Waals surface area contributed by atoms with Gasteiger partial charge in [-0.2, -0.15) is 0 Å². The molecule has 1 unspecified atom stereocenters. The second-order valence-electron chi connectivity index (χ2n) is 6.00. The van der Waals surface area contributed by atoms with Gasteiger partial charge in [-0.15, -0.1) is 10.2 Å². The number of carbonyl (C=O) groups is 1. The van der Waals surface area contributed by atoms with Crippen molar-refractivity contribution in [1.29, 1.82) is 0 Å². The van der Waals surface area contributed by atoms with Crippen LogP contribution in [0.1, 0.15) is 36.6 Å². The summed E-state index contributed by atoms with van der Waals surface area (Å²) in [5.74, 6) is 1.77. The highest BCUT2D eigenvalue weighted by atomic mass is 35.5. The van der Waals surface area contributed by atoms with Crippen molar-refractivity contribution in [2.24, 2.45) is 0 Å². The van der Waals surface area contributed by atoms with Crippen molar-refractivity contribution in [1.82, 2.24) is 25.0 Å². The molecule has 1 aliphatic heterocycles. The predicted molar refractivity (Wildman–Crippen MR) is 92.7 cm³/mol. The van der Waals surface area contributed by atoms with Gasteiger partial charge in [0.1, 0.15) is 17.7 Å². The Balaban J connectivity index is 1.90. The van der Waals surface area contributed by atoms with Gasteiger partial charge in [-0.1, -0.05) is 36.7 Å². The number of benzene rings is 1. The molecule has 7 heteroatoms. The van der Waals surface area contributed by atoms with E-state index in [4.69, 9.17) is 11.6 Å². The molecule has 1 aromatic carbocycles. The zero-order chi connectivity index (χ0) is 17.1. The molecule has 1 saturated heterocycles. The number of aromatic nitrogens is 3. The van der Waals surface area contributed by atoms with E-state index in [0.29, 0.717) is 18.1 Å². The Morgan fingerprint density at radius 1 is 1.33 bits per heavy atom. The number of carbonyl (C=O) groups excluding carboxylic acids is 1. The van der Waals surface area contributed by atoms with Gasteiger partial charge < -0.3 is 9.88 Å². The first kappa shape index (κ1) is 16.9. The minimum Gasteiger partial charge on any atom is -0.353 e. The van der Waals surface area contributed by atoms with Crippen LogP contribution in [0.4, 0.5) is 0 Å². The maximum atomic E-state index is 12.5. The standard InChI is InChI=1S/C17H22ClN5O/c1-3-9-23-12(2)20-21-15(23)11-22-10-8-19-17(24)16(22)13-6-4-5-7-14(13)18/h4-7,16H,3,8-11H2,1-2H3,(H,19,24). The third-order valence-corrected chi connectivity index (χ3v) is 4.66. The van der Waals surface area contributed by atoms with E-state index in [9.17, 15) is 4.79 Å². The van der Waals surface area contributed by atoms with E-state index >= 15 is 0 Å². The monoisotopic (exact) mass is 347 g/mol. The van der Waals surface area contributed by atoms with Crippen LogP contribution in [0.15, 0.2) is 24.3 Å². The zero-order valence-electron chi connectivity index (χ0n) is 14.0. The van der Waals surface area contributed by atoms with E-state index in [1.54, 1.807) is 0 Å². The van der Waals surface area contributed by atoms with Crippen LogP contribution in [0.5, 0.6) is 0 Å². The van der Waals surface area contributed by atoms with Crippen LogP contribution in [-0.2, 0) is 17.9 Å². The van der Waals surface area contributed by atoms with Crippen LogP contribution in [-0.4, -0.2) is 38.7 Å². The lowest BCUT2D eigenvalue weighted by Gasteiger charge is -2.35. The quantitative estimate of drug-likeness (QED) is 0.901. The van der Waals surface area contributed by atoms with Crippen LogP contribution in [0.3, 0.4) is 0 Å². The largest absolute Gasteiger partial charge is 0.353 e. The van der Waals surface area contributed by atoms with Gasteiger partial charge in [-0.3, -0.25) is 9.69 Å². The third kappa shape index (κ3) is 3.30. The van der Waals surface area contributed by atoms with E-state index in [-0.39, 0.29) is 5.91 Å². The Morgan fingerprint density at radius 2 is 2.12 bits per heavy atom. The average Bonchev–Trinajstić information content (AvgIpc) is 2.90. The summed E-state index contributed by atoms with van der Waals surface area (Å²) in [4.78, 5) is 14.6. The molecular formula is C17H22ClN5O. The van der Waals surface area contributed by atoms with Crippen molar-refractivity contribution in [3.63, 3.8) is 0 Å². The molecule has 1 N–H and O–H groups in total. The summed E-state index contributed by atoms with van der Waals surface area (Å²) in [5.41, 5.74) is 0.828. The molecule has 1 atom stereocenters. The Bertz CT molecular complexity index is 730. The zero-order valence-corrected chi connectivity index (χ0v) is 14.8. The molecule has 0 spiro atoms. The predicted octanol–water partition coefficient (Wildman–Crippen LogP) is 2.32. The minimum absolute atomic E-state index is 0.0207. The van der Waals surface area contributed by atoms with Crippen LogP contribution >= 0.6 is 11.6 Å². The highest BCUT2D eigenvalue weighted by Gasteiger charge is 2.33. The summed E-state index contributed by atoms with van der Waals surface area (Å²) in [6, 6.07) is 7.11. The lowest BCUT2D eigenvalue weighted by Crippen LogP contribution is -2.49. The van der Waals surface area contributed by atoms with Crippen LogP contribution in [0, 0.1) is 6.92 Å². The summed E-state index contributed by atoms with van der Waals surface area (Å²) < 4.78 is 2.12. The van der Waals surface area contributed by atoms with Crippen molar-refractivity contribution < 1.29 is 4.79 Å². The van der Waals surface area contributed by atoms with E-state index in [1.165, 1.54) is 0 Å². The van der Waals surface area contributed by atoms with Gasteiger partial charge in [0.15, 0.2) is 0 Å². The van der Waals surface area contributed by atoms with Crippen molar-refractivity contribution in [2.45, 2.75) is 39.4 Å². The smallest absolute Gasteiger partial charge is 0.242 e. The molecule has 6 nitrogen and oxygen atoms in total. The topological polar surface area (TPSA) is 63.1 Å². The number of amides is 1. The number of halogens is 1. The summed E-state index contributed by atoms with van der Waals surface area (Å²) in [6.45, 7) is 6.92. The first-order valence-electron chi connectivity index (χ1n) is 8.26. The fourth-order valence-corrected chi connectivity index (χ4v) is 3.40. The molecule has 3 rings (SSSR count). The fourth-order valence-electron chi connectivity index (χ4n) is 3.16. The molecule has 24 heavy (non-hydrogen) atoms. The number of aryl methyl sites for hydroxylation is 1. The highest BCUT2D eigenvalue weighted by Crippen LogP contribution is 2.30. The first-order chi connectivity index (χ1) is 11.6. The van der Waals surface area contributed by atoms with E-state index < -0.39 is 6.04 Å². The molecule has 1 aromatic heterocycles. The van der Waals surface area contributed by atoms with Gasteiger partial charge in [-0.05, 0) is 25.0 Å². The lowest BCUT2D eigenvalue weighted by atomic mass is 10.0. The highest BCUT2D eigenvalue weighted by molar-refractivity contribution is 6.31. The summed E-state index contributed by atoms with van der Waals surface area (Å²) in [5, 5.41) is 12.0. The first-order valence-corrected chi connectivity index (χ1v) is 8.64. The van der Waals surface area contributed by atoms with Crippen molar-refractivity contribution in [3.05, 3.63) is 46.5 Å². The Labute approximate surface area is 146 Å². The van der Waals surface area contributed by atoms with Crippen LogP contribution in [0.25, 0.3) is 0 Å². The van der Waals surface area contributed by atoms with E-state index in [1.807, 2.05) is 31.2 Å². The van der Waals surface area contributed by atoms with E-state index in [2.05, 4.69) is 31.9 Å². The van der Waals surface area contributed by atoms with Crippen LogP contribution in [0.2, 0.25) is 5.02 Å². The number of nitrogens with one attached hydrogen (secondary N) is 1. The van der Waals surface area contributed by atoms with Crippen molar-refractivity contribution in [3.8, 4) is 0 Å². The second-order valence-corrected chi connectivity index (χ2v) is 6.41. The molecule has 0 radical (unpaired) electrons. The normalized spacial score (nSPS) is 18.6. The van der Waals surface area contributed by atoms with Gasteiger partial charge in [0, 0.05) is 24.7 Å². The molecule has 0 aliphatic carbocycles. The number of hydrogen-bond acceptors (Lipinski definition) is 4. The number of hydrogen-bond donors (Lipinski definition) is 1. The maximum Gasteiger partial charge on any atom is 0.242 e. The van der Waals surface area contributed by atoms with Crippen molar-refractivity contribution >= 4 is 17.5 Å². The summed E-state index contributed by atoms with van der Waals surface area (Å²) in [7, 11) is 0. The van der Waals surface area contributed by atoms with Gasteiger partial charge >= 0.3 is 0 Å². The van der Waals surface area contributed by atoms with E-state index in [0.717, 1.165) is 36.7 Å². The molecule has 1 aliphatic rings. The van der Waals surface area contributed by atoms with Gasteiger partial charge in [0.05, 0.1) is 6.54 Å². The molecular weight excluding hydrogens is 326 g/mol. The third-order valence-electron chi connectivity index (χ3n) is 4.32. The lowest BCUT2D eigenvalue weighted by molar-refractivity contribution is -0.129. The Hall–Kier alpha value is -1.92. The van der Waals surface area contributed by atoms with Gasteiger partial charge in [0.2, 0.25) is 5.91 Å². The molecule has 2 aromatic rings. The molecule has 1 fully saturated rings. The SMILES string of the molecule is CCCn1c(C)nnc1CN1CCNC(=O)C1c1ccccc1Cl. The summed E-state index contributed by atoms with van der Waals surface area (Å²) in [6.07, 6.45) is 1.01. The van der Waals surface area contributed by atoms with Crippen LogP contribution < -0.4 is 5.32 Å². The van der Waals surface area contributed by atoms with Crippen molar-refractivity contribution in [2.75, 3.05) is 13.1 Å².